The molecular weight excluding hydrogens is 741 g/mol. The van der Waals surface area contributed by atoms with Gasteiger partial charge in [-0.15, -0.1) is 0 Å². The summed E-state index contributed by atoms with van der Waals surface area (Å²) in [4.78, 5) is 57.6. The van der Waals surface area contributed by atoms with Crippen molar-refractivity contribution in [1.29, 1.82) is 0 Å². The standard InChI is InChI=1S/C22H31N3O5S.C18H23N3O4/c1-14(23-31(28)22(2,3)4)16-11-15(21(27)24(5)6)12-17-18(26)13-19(30-20(16)17)25-7-9-29-10-8-25;1-11(19)13-8-12(18(23)20(2)3)9-14-15(22)10-16(25-17(13)14)21-4-6-24-7-5-21/h11-14,23H,7-10H2,1-6H3;8-11H,4-7,19H2,1-3H3/t14?,31-;/m1./s1. The minimum atomic E-state index is -1.34. The number of nitrogens with one attached hydrogen (secondary N) is 1. The number of ether oxygens (including phenoxy) is 2. The van der Waals surface area contributed by atoms with Crippen LogP contribution in [0.25, 0.3) is 21.9 Å². The molecule has 2 fully saturated rings. The third kappa shape index (κ3) is 9.66. The van der Waals surface area contributed by atoms with Crippen molar-refractivity contribution in [3.63, 3.8) is 0 Å². The van der Waals surface area contributed by atoms with Gasteiger partial charge in [-0.3, -0.25) is 19.2 Å². The van der Waals surface area contributed by atoms with Crippen LogP contribution < -0.4 is 31.1 Å². The lowest BCUT2D eigenvalue weighted by Gasteiger charge is -2.28. The van der Waals surface area contributed by atoms with Crippen molar-refractivity contribution < 1.29 is 32.1 Å². The smallest absolute Gasteiger partial charge is 0.253 e. The third-order valence-corrected chi connectivity index (χ3v) is 11.1. The average molecular weight is 795 g/mol. The summed E-state index contributed by atoms with van der Waals surface area (Å²) in [5.41, 5.74) is 8.60. The van der Waals surface area contributed by atoms with Gasteiger partial charge in [0.2, 0.25) is 0 Å². The SMILES string of the molecule is CC(N)c1cc(C(=O)N(C)C)cc2c(=O)cc(N3CCOCC3)oc12.CC(N[S@](=O)C(C)(C)C)c1cc(C(=O)N(C)C)cc2c(=O)cc(N3CCOCC3)oc12. The van der Waals surface area contributed by atoms with E-state index in [1.54, 1.807) is 59.4 Å². The van der Waals surface area contributed by atoms with Gasteiger partial charge in [-0.2, -0.15) is 0 Å². The van der Waals surface area contributed by atoms with E-state index in [0.29, 0.717) is 109 Å². The Kier molecular flexibility index (Phi) is 13.4. The summed E-state index contributed by atoms with van der Waals surface area (Å²) in [6.07, 6.45) is 0. The fraction of sp³-hybridized carbons (Fsp3) is 0.500. The minimum Gasteiger partial charge on any atom is -0.440 e. The molecule has 304 valence electrons. The molecule has 2 unspecified atom stereocenters. The zero-order chi connectivity index (χ0) is 41.1. The molecule has 3 N–H and O–H groups in total. The van der Waals surface area contributed by atoms with Crippen molar-refractivity contribution >= 4 is 56.5 Å². The fourth-order valence-electron chi connectivity index (χ4n) is 6.25. The predicted octanol–water partition coefficient (Wildman–Crippen LogP) is 3.80. The number of fused-ring (bicyclic) bond motifs is 2. The first-order valence-electron chi connectivity index (χ1n) is 18.6. The first kappa shape index (κ1) is 42.5. The van der Waals surface area contributed by atoms with E-state index in [9.17, 15) is 23.4 Å². The zero-order valence-electron chi connectivity index (χ0n) is 33.7. The maximum atomic E-state index is 13.0. The summed E-state index contributed by atoms with van der Waals surface area (Å²) in [6.45, 7) is 14.2. The molecule has 2 saturated heterocycles. The summed E-state index contributed by atoms with van der Waals surface area (Å²) in [7, 11) is 5.31. The Labute approximate surface area is 329 Å². The van der Waals surface area contributed by atoms with Gasteiger partial charge in [-0.05, 0) is 58.9 Å². The molecule has 6 rings (SSSR count). The molecule has 4 heterocycles. The molecule has 15 nitrogen and oxygen atoms in total. The molecule has 2 aliphatic heterocycles. The van der Waals surface area contributed by atoms with Crippen molar-refractivity contribution in [2.75, 3.05) is 90.6 Å². The number of morpholine rings is 2. The minimum absolute atomic E-state index is 0.180. The highest BCUT2D eigenvalue weighted by atomic mass is 32.2. The number of benzene rings is 2. The van der Waals surface area contributed by atoms with Crippen LogP contribution in [0.4, 0.5) is 11.8 Å². The highest BCUT2D eigenvalue weighted by Gasteiger charge is 2.26. The predicted molar refractivity (Wildman–Crippen MR) is 219 cm³/mol. The molecule has 0 spiro atoms. The second-order valence-electron chi connectivity index (χ2n) is 15.4. The van der Waals surface area contributed by atoms with E-state index in [-0.39, 0.29) is 28.7 Å². The number of nitrogens with zero attached hydrogens (tertiary/aromatic N) is 4. The molecule has 4 aromatic rings. The number of carbonyl (C=O) groups is 2. The third-order valence-electron chi connectivity index (χ3n) is 9.44. The number of anilines is 2. The van der Waals surface area contributed by atoms with Crippen LogP contribution in [0.5, 0.6) is 0 Å². The van der Waals surface area contributed by atoms with Crippen molar-refractivity contribution in [3.05, 3.63) is 79.1 Å². The van der Waals surface area contributed by atoms with Crippen molar-refractivity contribution in [1.82, 2.24) is 14.5 Å². The summed E-state index contributed by atoms with van der Waals surface area (Å²) < 4.78 is 38.3. The molecule has 16 heteroatoms. The number of rotatable bonds is 8. The highest BCUT2D eigenvalue weighted by molar-refractivity contribution is 7.84. The van der Waals surface area contributed by atoms with Crippen LogP contribution >= 0.6 is 0 Å². The maximum Gasteiger partial charge on any atom is 0.253 e. The molecule has 0 radical (unpaired) electrons. The first-order valence-corrected chi connectivity index (χ1v) is 19.8. The van der Waals surface area contributed by atoms with Crippen molar-refractivity contribution in [3.8, 4) is 0 Å². The molecule has 2 aromatic carbocycles. The van der Waals surface area contributed by atoms with E-state index in [2.05, 4.69) is 4.72 Å². The van der Waals surface area contributed by atoms with Crippen LogP contribution in [0, 0.1) is 0 Å². The molecule has 0 saturated carbocycles. The highest BCUT2D eigenvalue weighted by Crippen LogP contribution is 2.31. The van der Waals surface area contributed by atoms with E-state index >= 15 is 0 Å². The number of hydrogen-bond acceptors (Lipinski definition) is 12. The molecule has 2 amide bonds. The number of hydrogen-bond donors (Lipinski definition) is 2. The Morgan fingerprint density at radius 1 is 0.714 bits per heavy atom. The van der Waals surface area contributed by atoms with Crippen LogP contribution in [0.2, 0.25) is 0 Å². The molecule has 2 aliphatic rings. The van der Waals surface area contributed by atoms with Crippen molar-refractivity contribution in [2.24, 2.45) is 5.73 Å². The number of carbonyl (C=O) groups excluding carboxylic acids is 2. The van der Waals surface area contributed by atoms with Crippen molar-refractivity contribution in [2.45, 2.75) is 51.4 Å². The summed E-state index contributed by atoms with van der Waals surface area (Å²) in [6, 6.07) is 8.73. The van der Waals surface area contributed by atoms with Gasteiger partial charge in [0.25, 0.3) is 11.8 Å². The molecule has 3 atom stereocenters. The van der Waals surface area contributed by atoms with Gasteiger partial charge in [0.05, 0.1) is 52.9 Å². The van der Waals surface area contributed by atoms with Gasteiger partial charge in [-0.25, -0.2) is 8.93 Å². The fourth-order valence-corrected chi connectivity index (χ4v) is 7.05. The Balaban J connectivity index is 0.000000219. The van der Waals surface area contributed by atoms with Gasteiger partial charge in [0.1, 0.15) is 11.2 Å². The van der Waals surface area contributed by atoms with E-state index < -0.39 is 21.8 Å². The summed E-state index contributed by atoms with van der Waals surface area (Å²) >= 11 is 0. The van der Waals surface area contributed by atoms with Crippen LogP contribution in [-0.4, -0.2) is 111 Å². The monoisotopic (exact) mass is 794 g/mol. The normalized spacial score (nSPS) is 16.5. The lowest BCUT2D eigenvalue weighted by molar-refractivity contribution is 0.0820. The lowest BCUT2D eigenvalue weighted by atomic mass is 10.0. The summed E-state index contributed by atoms with van der Waals surface area (Å²) in [5, 5.41) is 0.701. The van der Waals surface area contributed by atoms with Gasteiger partial charge in [-0.1, -0.05) is 0 Å². The van der Waals surface area contributed by atoms with Gasteiger partial charge in [0, 0.05) is 101 Å². The molecular formula is C40H54N6O9S. The molecule has 0 bridgehead atoms. The molecule has 0 aliphatic carbocycles. The van der Waals surface area contributed by atoms with E-state index in [0.717, 1.165) is 0 Å². The van der Waals surface area contributed by atoms with Crippen LogP contribution in [0.3, 0.4) is 0 Å². The van der Waals surface area contributed by atoms with E-state index in [1.165, 1.54) is 21.9 Å². The van der Waals surface area contributed by atoms with Gasteiger partial charge >= 0.3 is 0 Å². The van der Waals surface area contributed by atoms with E-state index in [1.807, 2.05) is 37.5 Å². The first-order chi connectivity index (χ1) is 26.4. The number of amides is 2. The average Bonchev–Trinajstić information content (AvgIpc) is 3.16. The molecule has 56 heavy (non-hydrogen) atoms. The number of nitrogens with two attached hydrogens (primary N) is 1. The van der Waals surface area contributed by atoms with E-state index in [4.69, 9.17) is 24.0 Å². The van der Waals surface area contributed by atoms with Crippen LogP contribution in [0.15, 0.2) is 54.8 Å². The Hall–Kier alpha value is -4.61. The second-order valence-corrected chi connectivity index (χ2v) is 17.4. The Morgan fingerprint density at radius 3 is 1.48 bits per heavy atom. The van der Waals surface area contributed by atoms with Gasteiger partial charge < -0.3 is 43.6 Å². The lowest BCUT2D eigenvalue weighted by Crippen LogP contribution is -2.36. The topological polar surface area (TPSA) is 181 Å². The largest absolute Gasteiger partial charge is 0.440 e. The molecule has 2 aromatic heterocycles. The van der Waals surface area contributed by atoms with Crippen LogP contribution in [-0.2, 0) is 20.5 Å². The quantitative estimate of drug-likeness (QED) is 0.264. The van der Waals surface area contributed by atoms with Gasteiger partial charge in [0.15, 0.2) is 22.6 Å². The maximum absolute atomic E-state index is 13.0. The Bertz CT molecular complexity index is 2210. The van der Waals surface area contributed by atoms with Crippen LogP contribution in [0.1, 0.15) is 78.5 Å². The zero-order valence-corrected chi connectivity index (χ0v) is 34.5. The Morgan fingerprint density at radius 2 is 1.11 bits per heavy atom. The second kappa shape index (κ2) is 17.7. The summed E-state index contributed by atoms with van der Waals surface area (Å²) in [5.74, 6) is 0.580.